The number of nitrogens with two attached hydrogens (primary N) is 3. The lowest BCUT2D eigenvalue weighted by atomic mass is 9.84. The highest BCUT2D eigenvalue weighted by Gasteiger charge is 2.58. The number of hydrogen-bond donors (Lipinski definition) is 6. The predicted octanol–water partition coefficient (Wildman–Crippen LogP) is -1.46. The minimum Gasteiger partial charge on any atom is -0.489 e. The Morgan fingerprint density at radius 2 is 2.04 bits per heavy atom. The van der Waals surface area contributed by atoms with Crippen molar-refractivity contribution in [1.82, 2.24) is 20.0 Å². The number of carbonyl (C=O) groups excluding carboxylic acids is 2. The van der Waals surface area contributed by atoms with E-state index in [-0.39, 0.29) is 34.7 Å². The number of aryl methyl sites for hydroxylation is 1. The van der Waals surface area contributed by atoms with E-state index in [1.165, 1.54) is 31.4 Å². The second-order valence-electron chi connectivity index (χ2n) is 11.0. The number of nitrogens with zero attached hydrogens (tertiary/aromatic N) is 5. The maximum absolute atomic E-state index is 15.1. The van der Waals surface area contributed by atoms with E-state index in [9.17, 15) is 27.9 Å². The Hall–Kier alpha value is -4.74. The van der Waals surface area contributed by atoms with Gasteiger partial charge in [-0.3, -0.25) is 14.1 Å². The second kappa shape index (κ2) is 14.2. The summed E-state index contributed by atoms with van der Waals surface area (Å²) in [7, 11) is -3.28. The Balaban J connectivity index is 1.47. The van der Waals surface area contributed by atoms with Crippen molar-refractivity contribution in [2.45, 2.75) is 44.1 Å². The zero-order valence-corrected chi connectivity index (χ0v) is 27.3. The first-order chi connectivity index (χ1) is 22.4. The van der Waals surface area contributed by atoms with Crippen molar-refractivity contribution >= 4 is 50.4 Å². The van der Waals surface area contributed by atoms with Gasteiger partial charge in [-0.2, -0.15) is 18.2 Å². The monoisotopic (exact) mass is 714 g/mol. The smallest absolute Gasteiger partial charge is 0.418 e. The number of hydroxylamine groups is 2. The molecule has 9 N–H and O–H groups in total. The number of nitrogens with one attached hydrogen (secondary N) is 1. The van der Waals surface area contributed by atoms with Gasteiger partial charge in [-0.05, 0) is 26.0 Å². The Bertz CT molecular complexity index is 1850. The summed E-state index contributed by atoms with van der Waals surface area (Å²) in [6.07, 6.45) is 1.59. The number of benzene rings is 1. The molecule has 3 atom stereocenters. The lowest BCUT2D eigenvalue weighted by Crippen LogP contribution is -2.76. The molecule has 1 aliphatic heterocycles. The molecule has 0 saturated carbocycles. The molecule has 1 saturated heterocycles. The molecule has 0 unspecified atom stereocenters. The quantitative estimate of drug-likeness (QED) is 0.0345. The van der Waals surface area contributed by atoms with Gasteiger partial charge < -0.3 is 37.2 Å². The number of oxime groups is 1. The van der Waals surface area contributed by atoms with Crippen molar-refractivity contribution in [3.8, 4) is 16.9 Å². The number of anilines is 1. The summed E-state index contributed by atoms with van der Waals surface area (Å²) in [6.45, 7) is 2.67. The molecule has 48 heavy (non-hydrogen) atoms. The zero-order chi connectivity index (χ0) is 35.6. The molecule has 2 amide bonds. The Morgan fingerprint density at radius 1 is 1.33 bits per heavy atom. The van der Waals surface area contributed by atoms with Crippen LogP contribution in [0.25, 0.3) is 11.1 Å². The fraction of sp³-hybridized carbons (Fsp3) is 0.385. The van der Waals surface area contributed by atoms with E-state index in [4.69, 9.17) is 31.3 Å². The summed E-state index contributed by atoms with van der Waals surface area (Å²) in [5.41, 5.74) is 15.8. The van der Waals surface area contributed by atoms with Crippen LogP contribution in [0.1, 0.15) is 19.5 Å². The van der Waals surface area contributed by atoms with Crippen LogP contribution < -0.4 is 31.9 Å². The fourth-order valence-electron chi connectivity index (χ4n) is 4.47. The van der Waals surface area contributed by atoms with E-state index >= 15 is 4.39 Å². The average molecular weight is 715 g/mol. The molecule has 2 aromatic heterocycles. The summed E-state index contributed by atoms with van der Waals surface area (Å²) >= 11 is 0.921. The molecule has 0 aliphatic carbocycles. The van der Waals surface area contributed by atoms with Crippen LogP contribution in [0, 0.1) is 5.82 Å². The fourth-order valence-corrected chi connectivity index (χ4v) is 5.47. The van der Waals surface area contributed by atoms with Gasteiger partial charge in [0.1, 0.15) is 29.9 Å². The van der Waals surface area contributed by atoms with Crippen LogP contribution in [0.4, 0.5) is 9.52 Å². The first kappa shape index (κ1) is 36.1. The summed E-state index contributed by atoms with van der Waals surface area (Å²) in [6, 6.07) is 2.27. The highest BCUT2D eigenvalue weighted by atomic mass is 32.3. The van der Waals surface area contributed by atoms with E-state index < -0.39 is 64.0 Å². The third-order valence-electron chi connectivity index (χ3n) is 7.04. The number of aliphatic carboxylic acids is 1. The number of hydrogen-bond acceptors (Lipinski definition) is 14. The van der Waals surface area contributed by atoms with Crippen molar-refractivity contribution < 1.29 is 55.4 Å². The van der Waals surface area contributed by atoms with Crippen molar-refractivity contribution in [3.63, 3.8) is 0 Å². The first-order valence-electron chi connectivity index (χ1n) is 13.9. The standard InChI is InChI=1S/C26H32FN9O10S2/c1-26(2)21(23(38)36(26)46-48(41,42)43)32-22(37)20(18-12-47-25(30)31-18)33-45-19(24(39)40)11-44-15-4-5-16(17(27)6-15)13-8-34(3)35(9-13)10-14(29)7-28/h4-6,8-9,12,14,19,21H,7,10-11,28-29H2,1-3H3,(H4-,30,31,32,37,39,40,41,42,43)/p+1/b33-20-/t14-,19+,21-/m1/s1. The van der Waals surface area contributed by atoms with Crippen molar-refractivity contribution in [2.24, 2.45) is 23.7 Å². The number of nitrogen functional groups attached to an aromatic ring is 1. The Kier molecular flexibility index (Phi) is 10.7. The van der Waals surface area contributed by atoms with Crippen LogP contribution in [0.2, 0.25) is 0 Å². The molecule has 0 spiro atoms. The number of amides is 2. The van der Waals surface area contributed by atoms with Crippen LogP contribution >= 0.6 is 11.3 Å². The molecule has 1 aromatic carbocycles. The molecule has 1 aliphatic rings. The number of rotatable bonds is 15. The Morgan fingerprint density at radius 3 is 2.60 bits per heavy atom. The number of carboxylic acid groups (broad SMARTS) is 1. The van der Waals surface area contributed by atoms with E-state index in [1.807, 2.05) is 0 Å². The van der Waals surface area contributed by atoms with Gasteiger partial charge in [0.15, 0.2) is 17.9 Å². The van der Waals surface area contributed by atoms with Gasteiger partial charge in [0.05, 0.1) is 23.8 Å². The van der Waals surface area contributed by atoms with Crippen LogP contribution in [-0.4, -0.2) is 93.2 Å². The van der Waals surface area contributed by atoms with Crippen LogP contribution in [0.3, 0.4) is 0 Å². The van der Waals surface area contributed by atoms with Gasteiger partial charge in [0, 0.05) is 29.6 Å². The number of ether oxygens (including phenoxy) is 1. The first-order valence-corrected chi connectivity index (χ1v) is 16.1. The van der Waals surface area contributed by atoms with Crippen LogP contribution in [-0.2, 0) is 47.5 Å². The number of carboxylic acids is 1. The molecule has 19 nitrogen and oxygen atoms in total. The largest absolute Gasteiger partial charge is 0.489 e. The molecule has 0 bridgehead atoms. The van der Waals surface area contributed by atoms with Gasteiger partial charge in [-0.25, -0.2) is 14.2 Å². The number of β-lactam (4-membered cyclic amide) rings is 1. The van der Waals surface area contributed by atoms with Gasteiger partial charge >= 0.3 is 16.4 Å². The highest BCUT2D eigenvalue weighted by Crippen LogP contribution is 2.33. The number of carbonyl (C=O) groups is 3. The van der Waals surface area contributed by atoms with Gasteiger partial charge in [-0.1, -0.05) is 5.16 Å². The van der Waals surface area contributed by atoms with Crippen molar-refractivity contribution in [1.29, 1.82) is 0 Å². The molecule has 22 heteroatoms. The van der Waals surface area contributed by atoms with E-state index in [0.717, 1.165) is 17.4 Å². The van der Waals surface area contributed by atoms with E-state index in [0.29, 0.717) is 17.2 Å². The number of halogens is 1. The van der Waals surface area contributed by atoms with Crippen molar-refractivity contribution in [3.05, 3.63) is 47.5 Å². The normalized spacial score (nSPS) is 17.4. The van der Waals surface area contributed by atoms with Crippen LogP contribution in [0.15, 0.2) is 41.1 Å². The van der Waals surface area contributed by atoms with Gasteiger partial charge in [0.2, 0.25) is 6.20 Å². The van der Waals surface area contributed by atoms with E-state index in [2.05, 4.69) is 19.7 Å². The zero-order valence-electron chi connectivity index (χ0n) is 25.6. The second-order valence-corrected chi connectivity index (χ2v) is 12.9. The van der Waals surface area contributed by atoms with Gasteiger partial charge in [-0.15, -0.1) is 20.3 Å². The molecular weight excluding hydrogens is 681 g/mol. The topological polar surface area (TPSA) is 281 Å². The van der Waals surface area contributed by atoms with Crippen LogP contribution in [0.5, 0.6) is 5.75 Å². The third kappa shape index (κ3) is 8.21. The minimum atomic E-state index is -5.04. The lowest BCUT2D eigenvalue weighted by molar-refractivity contribution is -0.753. The number of aromatic nitrogens is 3. The van der Waals surface area contributed by atoms with Gasteiger partial charge in [0.25, 0.3) is 17.9 Å². The minimum absolute atomic E-state index is 0.0197. The summed E-state index contributed by atoms with van der Waals surface area (Å²) in [5, 5.41) is 17.4. The summed E-state index contributed by atoms with van der Waals surface area (Å²) in [4.78, 5) is 46.7. The summed E-state index contributed by atoms with van der Waals surface area (Å²) < 4.78 is 59.4. The molecule has 260 valence electrons. The average Bonchev–Trinajstić information content (AvgIpc) is 3.59. The Labute approximate surface area is 276 Å². The van der Waals surface area contributed by atoms with E-state index in [1.54, 1.807) is 28.8 Å². The number of thiazole rings is 1. The SMILES string of the molecule is C[n+]1cc(-c2ccc(OC[C@H](O/N=C(\C(=O)N[C@@H]3C(=O)N(OS(=O)(=O)O)C3(C)C)c3csc(N)n3)C(=O)O)cc2F)cn1C[C@H](N)CN. The molecule has 0 radical (unpaired) electrons. The van der Waals surface area contributed by atoms with Crippen molar-refractivity contribution in [2.75, 3.05) is 18.9 Å². The highest BCUT2D eigenvalue weighted by molar-refractivity contribution is 7.80. The molecule has 4 rings (SSSR count). The lowest BCUT2D eigenvalue weighted by Gasteiger charge is -2.50. The maximum Gasteiger partial charge on any atom is 0.418 e. The predicted molar refractivity (Wildman–Crippen MR) is 165 cm³/mol. The molecular formula is C26H33FN9O10S2+. The summed E-state index contributed by atoms with van der Waals surface area (Å²) in [5.74, 6) is -4.34. The maximum atomic E-state index is 15.1. The molecule has 1 fully saturated rings. The molecule has 3 heterocycles. The third-order valence-corrected chi connectivity index (χ3v) is 8.06. The molecule has 3 aromatic rings.